The van der Waals surface area contributed by atoms with E-state index in [1.165, 1.54) is 42.3 Å². The van der Waals surface area contributed by atoms with Crippen molar-refractivity contribution in [1.29, 1.82) is 0 Å². The quantitative estimate of drug-likeness (QED) is 0.632. The van der Waals surface area contributed by atoms with Gasteiger partial charge in [0.1, 0.15) is 18.1 Å². The van der Waals surface area contributed by atoms with Crippen molar-refractivity contribution in [3.05, 3.63) is 53.6 Å². The normalized spacial score (nSPS) is 10.7. The minimum atomic E-state index is -0.441. The van der Waals surface area contributed by atoms with E-state index in [1.54, 1.807) is 12.1 Å². The molecule has 7 nitrogen and oxygen atoms in total. The van der Waals surface area contributed by atoms with Crippen LogP contribution < -0.4 is 5.32 Å². The SMILES string of the molecule is COC(=O)Cn1cc(CNC(=O)C=Cc2cccc(F)c2)nn1. The lowest BCUT2D eigenvalue weighted by Gasteiger charge is -1.99. The van der Waals surface area contributed by atoms with Crippen molar-refractivity contribution in [3.63, 3.8) is 0 Å². The molecule has 1 N–H and O–H groups in total. The van der Waals surface area contributed by atoms with Crippen LogP contribution in [-0.2, 0) is 27.4 Å². The molecule has 1 amide bonds. The number of nitrogens with zero attached hydrogens (tertiary/aromatic N) is 3. The van der Waals surface area contributed by atoms with E-state index in [1.807, 2.05) is 0 Å². The molecule has 0 aliphatic rings. The van der Waals surface area contributed by atoms with Crippen molar-refractivity contribution >= 4 is 18.0 Å². The third-order valence-electron chi connectivity index (χ3n) is 2.82. The summed E-state index contributed by atoms with van der Waals surface area (Å²) in [7, 11) is 1.28. The van der Waals surface area contributed by atoms with Crippen molar-refractivity contribution in [2.24, 2.45) is 0 Å². The van der Waals surface area contributed by atoms with Crippen molar-refractivity contribution in [3.8, 4) is 0 Å². The summed E-state index contributed by atoms with van der Waals surface area (Å²) < 4.78 is 18.8. The molecule has 0 aliphatic carbocycles. The predicted molar refractivity (Wildman–Crippen MR) is 79.3 cm³/mol. The Bertz CT molecular complexity index is 727. The van der Waals surface area contributed by atoms with E-state index in [-0.39, 0.29) is 24.8 Å². The van der Waals surface area contributed by atoms with Gasteiger partial charge in [-0.05, 0) is 23.8 Å². The maximum atomic E-state index is 13.0. The van der Waals surface area contributed by atoms with Gasteiger partial charge in [0.25, 0.3) is 0 Å². The van der Waals surface area contributed by atoms with Gasteiger partial charge in [-0.25, -0.2) is 9.07 Å². The molecular weight excluding hydrogens is 303 g/mol. The van der Waals surface area contributed by atoms with Gasteiger partial charge in [0.2, 0.25) is 5.91 Å². The van der Waals surface area contributed by atoms with Crippen LogP contribution in [0.1, 0.15) is 11.3 Å². The molecule has 8 heteroatoms. The Hall–Kier alpha value is -3.03. The van der Waals surface area contributed by atoms with Crippen LogP contribution in [0.4, 0.5) is 4.39 Å². The van der Waals surface area contributed by atoms with Gasteiger partial charge in [-0.15, -0.1) is 5.10 Å². The minimum Gasteiger partial charge on any atom is -0.468 e. The molecule has 2 rings (SSSR count). The molecule has 0 saturated carbocycles. The number of nitrogens with one attached hydrogen (secondary N) is 1. The summed E-state index contributed by atoms with van der Waals surface area (Å²) in [5.41, 5.74) is 1.09. The summed E-state index contributed by atoms with van der Waals surface area (Å²) in [6.07, 6.45) is 4.34. The summed E-state index contributed by atoms with van der Waals surface area (Å²) in [5, 5.41) is 10.2. The summed E-state index contributed by atoms with van der Waals surface area (Å²) in [6.45, 7) is 0.115. The van der Waals surface area contributed by atoms with E-state index in [0.29, 0.717) is 11.3 Å². The van der Waals surface area contributed by atoms with Crippen molar-refractivity contribution < 1.29 is 18.7 Å². The van der Waals surface area contributed by atoms with Crippen LogP contribution in [0.2, 0.25) is 0 Å². The highest BCUT2D eigenvalue weighted by Crippen LogP contribution is 2.05. The van der Waals surface area contributed by atoms with Crippen LogP contribution in [0.25, 0.3) is 6.08 Å². The molecule has 0 bridgehead atoms. The fourth-order valence-corrected chi connectivity index (χ4v) is 1.71. The van der Waals surface area contributed by atoms with E-state index in [9.17, 15) is 14.0 Å². The standard InChI is InChI=1S/C15H15FN4O3/c1-23-15(22)10-20-9-13(18-19-20)8-17-14(21)6-5-11-3-2-4-12(16)7-11/h2-7,9H,8,10H2,1H3,(H,17,21). The number of methoxy groups -OCH3 is 1. The highest BCUT2D eigenvalue weighted by atomic mass is 19.1. The zero-order valence-electron chi connectivity index (χ0n) is 12.4. The van der Waals surface area contributed by atoms with Crippen LogP contribution >= 0.6 is 0 Å². The summed E-state index contributed by atoms with van der Waals surface area (Å²) in [4.78, 5) is 22.8. The number of ether oxygens (including phenoxy) is 1. The first kappa shape index (κ1) is 16.3. The fourth-order valence-electron chi connectivity index (χ4n) is 1.71. The minimum absolute atomic E-state index is 0.0447. The van der Waals surface area contributed by atoms with Gasteiger partial charge in [-0.3, -0.25) is 9.59 Å². The zero-order valence-corrected chi connectivity index (χ0v) is 12.4. The van der Waals surface area contributed by atoms with E-state index in [2.05, 4.69) is 20.4 Å². The molecule has 0 atom stereocenters. The first-order chi connectivity index (χ1) is 11.1. The lowest BCUT2D eigenvalue weighted by atomic mass is 10.2. The average Bonchev–Trinajstić information content (AvgIpc) is 2.98. The van der Waals surface area contributed by atoms with E-state index in [4.69, 9.17) is 0 Å². The number of hydrogen-bond donors (Lipinski definition) is 1. The van der Waals surface area contributed by atoms with Gasteiger partial charge >= 0.3 is 5.97 Å². The molecule has 1 aromatic carbocycles. The molecule has 0 fully saturated rings. The van der Waals surface area contributed by atoms with Gasteiger partial charge in [-0.1, -0.05) is 17.3 Å². The number of carbonyl (C=O) groups excluding carboxylic acids is 2. The molecule has 1 aromatic heterocycles. The van der Waals surface area contributed by atoms with Crippen LogP contribution in [0.5, 0.6) is 0 Å². The number of esters is 1. The number of halogens is 1. The number of aromatic nitrogens is 3. The Morgan fingerprint density at radius 2 is 2.26 bits per heavy atom. The molecule has 120 valence electrons. The van der Waals surface area contributed by atoms with E-state index >= 15 is 0 Å². The molecule has 0 saturated heterocycles. The summed E-state index contributed by atoms with van der Waals surface area (Å²) in [6, 6.07) is 5.90. The maximum absolute atomic E-state index is 13.0. The van der Waals surface area contributed by atoms with Crippen LogP contribution in [0.15, 0.2) is 36.5 Å². The van der Waals surface area contributed by atoms with Crippen molar-refractivity contribution in [2.45, 2.75) is 13.1 Å². The van der Waals surface area contributed by atoms with Gasteiger partial charge < -0.3 is 10.1 Å². The van der Waals surface area contributed by atoms with Crippen LogP contribution in [-0.4, -0.2) is 34.0 Å². The molecule has 2 aromatic rings. The Morgan fingerprint density at radius 3 is 3.00 bits per heavy atom. The topological polar surface area (TPSA) is 86.1 Å². The smallest absolute Gasteiger partial charge is 0.327 e. The average molecular weight is 318 g/mol. The van der Waals surface area contributed by atoms with Crippen molar-refractivity contribution in [2.75, 3.05) is 7.11 Å². The number of benzene rings is 1. The lowest BCUT2D eigenvalue weighted by molar-refractivity contribution is -0.141. The number of rotatable bonds is 6. The lowest BCUT2D eigenvalue weighted by Crippen LogP contribution is -2.20. The molecule has 0 unspecified atom stereocenters. The van der Waals surface area contributed by atoms with Crippen LogP contribution in [0.3, 0.4) is 0 Å². The third kappa shape index (κ3) is 5.34. The van der Waals surface area contributed by atoms with Crippen LogP contribution in [0, 0.1) is 5.82 Å². The first-order valence-corrected chi connectivity index (χ1v) is 6.74. The second-order valence-electron chi connectivity index (χ2n) is 4.59. The highest BCUT2D eigenvalue weighted by Gasteiger charge is 2.06. The van der Waals surface area contributed by atoms with Crippen molar-refractivity contribution in [1.82, 2.24) is 20.3 Å². The Labute approximate surface area is 131 Å². The number of amides is 1. The number of hydrogen-bond acceptors (Lipinski definition) is 5. The van der Waals surface area contributed by atoms with E-state index in [0.717, 1.165) is 0 Å². The molecule has 0 radical (unpaired) electrons. The third-order valence-corrected chi connectivity index (χ3v) is 2.82. The van der Waals surface area contributed by atoms with E-state index < -0.39 is 5.97 Å². The Kier molecular flexibility index (Phi) is 5.56. The second kappa shape index (κ2) is 7.83. The Balaban J connectivity index is 1.83. The molecule has 1 heterocycles. The zero-order chi connectivity index (χ0) is 16.7. The molecule has 0 spiro atoms. The predicted octanol–water partition coefficient (Wildman–Crippen LogP) is 0.920. The van der Waals surface area contributed by atoms with Gasteiger partial charge in [-0.2, -0.15) is 0 Å². The molecule has 23 heavy (non-hydrogen) atoms. The van der Waals surface area contributed by atoms with Gasteiger partial charge in [0, 0.05) is 6.08 Å². The summed E-state index contributed by atoms with van der Waals surface area (Å²) in [5.74, 6) is -1.16. The molecular formula is C15H15FN4O3. The molecule has 0 aliphatic heterocycles. The maximum Gasteiger partial charge on any atom is 0.327 e. The highest BCUT2D eigenvalue weighted by molar-refractivity contribution is 5.91. The fraction of sp³-hybridized carbons (Fsp3) is 0.200. The first-order valence-electron chi connectivity index (χ1n) is 6.74. The summed E-state index contributed by atoms with van der Waals surface area (Å²) >= 11 is 0. The monoisotopic (exact) mass is 318 g/mol. The van der Waals surface area contributed by atoms with Gasteiger partial charge in [0.05, 0.1) is 19.9 Å². The van der Waals surface area contributed by atoms with Gasteiger partial charge in [0.15, 0.2) is 0 Å². The number of carbonyl (C=O) groups is 2. The second-order valence-corrected chi connectivity index (χ2v) is 4.59. The Morgan fingerprint density at radius 1 is 1.43 bits per heavy atom. The largest absolute Gasteiger partial charge is 0.468 e.